The van der Waals surface area contributed by atoms with E-state index in [4.69, 9.17) is 4.74 Å². The van der Waals surface area contributed by atoms with Crippen LogP contribution in [0.2, 0.25) is 0 Å². The topological polar surface area (TPSA) is 94.4 Å². The molecule has 9 heteroatoms. The van der Waals surface area contributed by atoms with E-state index in [-0.39, 0.29) is 11.5 Å². The summed E-state index contributed by atoms with van der Waals surface area (Å²) in [5, 5.41) is 8.27. The van der Waals surface area contributed by atoms with Crippen molar-refractivity contribution in [2.75, 3.05) is 17.1 Å². The Morgan fingerprint density at radius 1 is 1.12 bits per heavy atom. The molecule has 0 saturated heterocycles. The van der Waals surface area contributed by atoms with Gasteiger partial charge in [-0.3, -0.25) is 8.99 Å². The number of anilines is 1. The van der Waals surface area contributed by atoms with E-state index in [0.29, 0.717) is 36.8 Å². The maximum Gasteiger partial charge on any atom is 0.234 e. The Balaban J connectivity index is 1.77. The quantitative estimate of drug-likeness (QED) is 0.367. The molecule has 0 spiro atoms. The van der Waals surface area contributed by atoms with Gasteiger partial charge in [0.1, 0.15) is 23.8 Å². The number of rotatable bonds is 15. The smallest absolute Gasteiger partial charge is 0.234 e. The van der Waals surface area contributed by atoms with Gasteiger partial charge in [0.05, 0.1) is 17.6 Å². The number of nitrogens with zero attached hydrogens (tertiary/aromatic N) is 4. The number of carbonyl (C=O) groups is 1. The second-order valence-electron chi connectivity index (χ2n) is 8.59. The Kier molecular flexibility index (Phi) is 10.2. The lowest BCUT2D eigenvalue weighted by Crippen LogP contribution is -2.29. The molecule has 1 aromatic carbocycles. The van der Waals surface area contributed by atoms with Crippen molar-refractivity contribution in [2.45, 2.75) is 72.4 Å². The summed E-state index contributed by atoms with van der Waals surface area (Å²) in [6.45, 7) is 6.74. The van der Waals surface area contributed by atoms with E-state index in [1.807, 2.05) is 24.7 Å². The van der Waals surface area contributed by atoms with Crippen LogP contribution < -0.4 is 9.04 Å². The fourth-order valence-corrected chi connectivity index (χ4v) is 4.59. The maximum absolute atomic E-state index is 12.5. The van der Waals surface area contributed by atoms with Crippen LogP contribution in [0.1, 0.15) is 65.0 Å². The highest BCUT2D eigenvalue weighted by molar-refractivity contribution is 7.92. The molecule has 0 amide bonds. The summed E-state index contributed by atoms with van der Waals surface area (Å²) in [6, 6.07) is 7.00. The minimum absolute atomic E-state index is 0.132. The first kappa shape index (κ1) is 25.8. The Bertz CT molecular complexity index is 939. The van der Waals surface area contributed by atoms with Crippen molar-refractivity contribution in [3.8, 4) is 5.75 Å². The Labute approximate surface area is 192 Å². The number of Topliss-reactive ketones (excluding diaryl/α,β-unsaturated/α-hetero) is 1. The van der Waals surface area contributed by atoms with Gasteiger partial charge in [-0.05, 0) is 56.4 Å². The molecule has 2 rings (SSSR count). The summed E-state index contributed by atoms with van der Waals surface area (Å²) >= 11 is 0. The van der Waals surface area contributed by atoms with Crippen molar-refractivity contribution in [3.63, 3.8) is 0 Å². The lowest BCUT2D eigenvalue weighted by Gasteiger charge is -2.20. The third-order valence-corrected chi connectivity index (χ3v) is 7.01. The number of hydrogen-bond donors (Lipinski definition) is 0. The van der Waals surface area contributed by atoms with Crippen molar-refractivity contribution >= 4 is 21.5 Å². The third-order valence-electron chi connectivity index (χ3n) is 5.21. The van der Waals surface area contributed by atoms with Crippen molar-refractivity contribution in [1.29, 1.82) is 0 Å². The van der Waals surface area contributed by atoms with Gasteiger partial charge in [-0.1, -0.05) is 31.9 Å². The summed E-state index contributed by atoms with van der Waals surface area (Å²) in [5.74, 6) is 1.36. The van der Waals surface area contributed by atoms with E-state index in [1.165, 1.54) is 4.31 Å². The molecular formula is C23H36N4O4S. The third kappa shape index (κ3) is 8.98. The lowest BCUT2D eigenvalue weighted by atomic mass is 10.1. The number of ketones is 1. The summed E-state index contributed by atoms with van der Waals surface area (Å²) < 4.78 is 33.8. The number of ether oxygens (including phenoxy) is 1. The molecular weight excluding hydrogens is 428 g/mol. The van der Waals surface area contributed by atoms with Crippen LogP contribution in [-0.2, 0) is 28.0 Å². The average molecular weight is 465 g/mol. The van der Waals surface area contributed by atoms with Crippen LogP contribution in [0.25, 0.3) is 0 Å². The molecule has 8 nitrogen and oxygen atoms in total. The van der Waals surface area contributed by atoms with Crippen LogP contribution >= 0.6 is 0 Å². The summed E-state index contributed by atoms with van der Waals surface area (Å²) in [7, 11) is -1.76. The highest BCUT2D eigenvalue weighted by Crippen LogP contribution is 2.22. The van der Waals surface area contributed by atoms with Gasteiger partial charge in [0.25, 0.3) is 0 Å². The predicted octanol–water partition coefficient (Wildman–Crippen LogP) is 4.21. The zero-order valence-corrected chi connectivity index (χ0v) is 20.5. The highest BCUT2D eigenvalue weighted by Gasteiger charge is 2.18. The van der Waals surface area contributed by atoms with Crippen LogP contribution in [0.4, 0.5) is 5.69 Å². The minimum Gasteiger partial charge on any atom is -0.487 e. The fourth-order valence-electron chi connectivity index (χ4n) is 3.11. The fraction of sp³-hybridized carbons (Fsp3) is 0.609. The van der Waals surface area contributed by atoms with Gasteiger partial charge in [-0.25, -0.2) is 8.42 Å². The van der Waals surface area contributed by atoms with Crippen LogP contribution in [0.3, 0.4) is 0 Å². The van der Waals surface area contributed by atoms with Crippen molar-refractivity contribution in [1.82, 2.24) is 15.0 Å². The molecule has 1 aromatic heterocycles. The minimum atomic E-state index is -3.33. The molecule has 2 aromatic rings. The zero-order valence-electron chi connectivity index (χ0n) is 19.7. The number of hydrogen-bond acceptors (Lipinski definition) is 6. The van der Waals surface area contributed by atoms with Gasteiger partial charge < -0.3 is 9.53 Å². The van der Waals surface area contributed by atoms with E-state index >= 15 is 0 Å². The molecule has 0 aliphatic carbocycles. The van der Waals surface area contributed by atoms with Crippen LogP contribution in [-0.4, -0.2) is 42.0 Å². The number of aryl methyl sites for hydroxylation is 1. The normalized spacial score (nSPS) is 11.7. The lowest BCUT2D eigenvalue weighted by molar-refractivity contribution is -0.117. The summed E-state index contributed by atoms with van der Waals surface area (Å²) in [5.41, 5.74) is 1.34. The van der Waals surface area contributed by atoms with E-state index in [1.54, 1.807) is 38.2 Å². The van der Waals surface area contributed by atoms with Crippen LogP contribution in [0.5, 0.6) is 5.75 Å². The molecule has 0 bridgehead atoms. The van der Waals surface area contributed by atoms with Gasteiger partial charge in [0.2, 0.25) is 10.0 Å². The molecule has 0 unspecified atom stereocenters. The second kappa shape index (κ2) is 12.6. The number of benzene rings is 1. The molecule has 0 radical (unpaired) electrons. The molecule has 178 valence electrons. The molecule has 1 heterocycles. The molecule has 0 saturated carbocycles. The molecule has 0 fully saturated rings. The standard InChI is InChI=1S/C23H36N4O4S/c1-19(2)14-16-32(29,30)26(4)22-10-12-23(13-11-22)31-18-21-17-27(25-24-21)15-8-6-5-7-9-20(3)28/h10-13,17,19H,5-9,14-16,18H2,1-4H3. The van der Waals surface area contributed by atoms with Crippen molar-refractivity contribution in [3.05, 3.63) is 36.2 Å². The number of carbonyl (C=O) groups excluding carboxylic acids is 1. The zero-order chi connectivity index (χ0) is 23.6. The van der Waals surface area contributed by atoms with Gasteiger partial charge in [0, 0.05) is 20.0 Å². The van der Waals surface area contributed by atoms with Crippen molar-refractivity contribution in [2.24, 2.45) is 5.92 Å². The number of unbranched alkanes of at least 4 members (excludes halogenated alkanes) is 3. The van der Waals surface area contributed by atoms with E-state index in [0.717, 1.165) is 37.9 Å². The predicted molar refractivity (Wildman–Crippen MR) is 126 cm³/mol. The Hall–Kier alpha value is -2.42. The summed E-state index contributed by atoms with van der Waals surface area (Å²) in [4.78, 5) is 10.9. The van der Waals surface area contributed by atoms with Gasteiger partial charge in [-0.2, -0.15) is 0 Å². The monoisotopic (exact) mass is 464 g/mol. The largest absolute Gasteiger partial charge is 0.487 e. The molecule has 0 aliphatic rings. The van der Waals surface area contributed by atoms with Gasteiger partial charge >= 0.3 is 0 Å². The second-order valence-corrected chi connectivity index (χ2v) is 10.7. The Morgan fingerprint density at radius 2 is 1.81 bits per heavy atom. The Morgan fingerprint density at radius 3 is 2.47 bits per heavy atom. The first-order valence-corrected chi connectivity index (χ1v) is 12.9. The van der Waals surface area contributed by atoms with Crippen LogP contribution in [0, 0.1) is 5.92 Å². The highest BCUT2D eigenvalue weighted by atomic mass is 32.2. The summed E-state index contributed by atoms with van der Waals surface area (Å²) in [6.07, 6.45) is 7.23. The first-order chi connectivity index (χ1) is 15.2. The number of sulfonamides is 1. The van der Waals surface area contributed by atoms with Gasteiger partial charge in [0.15, 0.2) is 0 Å². The molecule has 0 N–H and O–H groups in total. The first-order valence-electron chi connectivity index (χ1n) is 11.3. The van der Waals surface area contributed by atoms with E-state index < -0.39 is 10.0 Å². The molecule has 0 aliphatic heterocycles. The van der Waals surface area contributed by atoms with E-state index in [2.05, 4.69) is 10.3 Å². The maximum atomic E-state index is 12.5. The number of aromatic nitrogens is 3. The molecule has 32 heavy (non-hydrogen) atoms. The van der Waals surface area contributed by atoms with Gasteiger partial charge in [-0.15, -0.1) is 5.10 Å². The molecule has 0 atom stereocenters. The van der Waals surface area contributed by atoms with Crippen LogP contribution in [0.15, 0.2) is 30.5 Å². The average Bonchev–Trinajstić information content (AvgIpc) is 3.21. The SMILES string of the molecule is CC(=O)CCCCCCn1cc(COc2ccc(N(C)S(=O)(=O)CCC(C)C)cc2)nn1. The van der Waals surface area contributed by atoms with E-state index in [9.17, 15) is 13.2 Å². The van der Waals surface area contributed by atoms with Crippen molar-refractivity contribution < 1.29 is 17.9 Å².